The van der Waals surface area contributed by atoms with Crippen molar-refractivity contribution in [3.63, 3.8) is 0 Å². The van der Waals surface area contributed by atoms with Crippen LogP contribution in [0.15, 0.2) is 48.5 Å². The van der Waals surface area contributed by atoms with E-state index in [1.165, 1.54) is 0 Å². The van der Waals surface area contributed by atoms with Crippen molar-refractivity contribution in [3.05, 3.63) is 65.2 Å². The van der Waals surface area contributed by atoms with E-state index in [9.17, 15) is 4.79 Å². The minimum Gasteiger partial charge on any atom is -0.497 e. The van der Waals surface area contributed by atoms with Gasteiger partial charge < -0.3 is 15.4 Å². The molecular formula is C21H23ClN2O2. The van der Waals surface area contributed by atoms with Crippen molar-refractivity contribution in [1.82, 2.24) is 10.6 Å². The van der Waals surface area contributed by atoms with Crippen molar-refractivity contribution in [3.8, 4) is 17.6 Å². The van der Waals surface area contributed by atoms with Crippen molar-refractivity contribution >= 4 is 18.3 Å². The number of carbonyl (C=O) groups is 1. The Hall–Kier alpha value is -2.48. The van der Waals surface area contributed by atoms with E-state index >= 15 is 0 Å². The van der Waals surface area contributed by atoms with Crippen LogP contribution in [-0.4, -0.2) is 32.1 Å². The average molecular weight is 371 g/mol. The van der Waals surface area contributed by atoms with Crippen molar-refractivity contribution in [1.29, 1.82) is 0 Å². The summed E-state index contributed by atoms with van der Waals surface area (Å²) in [6, 6.07) is 15.2. The third-order valence-corrected chi connectivity index (χ3v) is 4.22. The molecule has 0 bridgehead atoms. The maximum atomic E-state index is 12.3. The summed E-state index contributed by atoms with van der Waals surface area (Å²) in [5.74, 6) is 7.01. The molecule has 2 N–H and O–H groups in total. The van der Waals surface area contributed by atoms with Gasteiger partial charge in [-0.05, 0) is 67.9 Å². The first kappa shape index (κ1) is 19.8. The number of hydrogen-bond acceptors (Lipinski definition) is 3. The molecule has 2 aromatic carbocycles. The summed E-state index contributed by atoms with van der Waals surface area (Å²) in [6.07, 6.45) is 2.13. The summed E-state index contributed by atoms with van der Waals surface area (Å²) >= 11 is 0. The van der Waals surface area contributed by atoms with E-state index < -0.39 is 0 Å². The highest BCUT2D eigenvalue weighted by Crippen LogP contribution is 2.11. The lowest BCUT2D eigenvalue weighted by atomic mass is 10.1. The van der Waals surface area contributed by atoms with E-state index in [2.05, 4.69) is 22.5 Å². The number of methoxy groups -OCH3 is 1. The summed E-state index contributed by atoms with van der Waals surface area (Å²) in [5, 5.41) is 6.37. The summed E-state index contributed by atoms with van der Waals surface area (Å²) in [5.41, 5.74) is 2.47. The van der Waals surface area contributed by atoms with Crippen LogP contribution >= 0.6 is 12.4 Å². The average Bonchev–Trinajstić information content (AvgIpc) is 2.68. The van der Waals surface area contributed by atoms with Gasteiger partial charge in [-0.25, -0.2) is 0 Å². The van der Waals surface area contributed by atoms with Gasteiger partial charge in [0.05, 0.1) is 7.11 Å². The minimum absolute atomic E-state index is 0. The SMILES string of the molecule is COc1ccc(C#Cc2ccc(C(=O)N[C@@H]3CCCNC3)cc2)cc1.Cl. The van der Waals surface area contributed by atoms with Gasteiger partial charge in [0.2, 0.25) is 0 Å². The van der Waals surface area contributed by atoms with E-state index in [1.54, 1.807) is 7.11 Å². The van der Waals surface area contributed by atoms with Crippen LogP contribution in [0.25, 0.3) is 0 Å². The Morgan fingerprint density at radius 1 is 1.08 bits per heavy atom. The Bertz CT molecular complexity index is 770. The number of piperidine rings is 1. The van der Waals surface area contributed by atoms with Crippen molar-refractivity contribution in [2.75, 3.05) is 20.2 Å². The fraction of sp³-hybridized carbons (Fsp3) is 0.286. The second-order valence-electron chi connectivity index (χ2n) is 6.07. The van der Waals surface area contributed by atoms with Crippen LogP contribution in [0.2, 0.25) is 0 Å². The summed E-state index contributed by atoms with van der Waals surface area (Å²) in [4.78, 5) is 12.3. The van der Waals surface area contributed by atoms with Gasteiger partial charge in [0.15, 0.2) is 0 Å². The van der Waals surface area contributed by atoms with Gasteiger partial charge in [0.1, 0.15) is 5.75 Å². The predicted molar refractivity (Wildman–Crippen MR) is 106 cm³/mol. The molecule has 0 aliphatic carbocycles. The first-order valence-electron chi connectivity index (χ1n) is 8.52. The van der Waals surface area contributed by atoms with Crippen molar-refractivity contribution in [2.24, 2.45) is 0 Å². The minimum atomic E-state index is -0.0247. The standard InChI is InChI=1S/C21H22N2O2.ClH/c1-25-20-12-8-17(9-13-20)5-4-16-6-10-18(11-7-16)21(24)23-19-3-2-14-22-15-19;/h6-13,19,22H,2-3,14-15H2,1H3,(H,23,24);1H/t19-;/m1./s1. The lowest BCUT2D eigenvalue weighted by Gasteiger charge is -2.23. The molecule has 0 spiro atoms. The maximum absolute atomic E-state index is 12.3. The van der Waals surface area contributed by atoms with E-state index in [0.29, 0.717) is 5.56 Å². The third kappa shape index (κ3) is 5.52. The van der Waals surface area contributed by atoms with Crippen LogP contribution < -0.4 is 15.4 Å². The van der Waals surface area contributed by atoms with Crippen molar-refractivity contribution < 1.29 is 9.53 Å². The van der Waals surface area contributed by atoms with Gasteiger partial charge in [0, 0.05) is 29.3 Å². The quantitative estimate of drug-likeness (QED) is 0.817. The number of halogens is 1. The summed E-state index contributed by atoms with van der Waals surface area (Å²) in [7, 11) is 1.64. The number of benzene rings is 2. The molecule has 1 fully saturated rings. The zero-order valence-corrected chi connectivity index (χ0v) is 15.6. The van der Waals surface area contributed by atoms with Gasteiger partial charge in [-0.2, -0.15) is 0 Å². The first-order chi connectivity index (χ1) is 12.2. The highest BCUT2D eigenvalue weighted by molar-refractivity contribution is 5.94. The van der Waals surface area contributed by atoms with Crippen LogP contribution in [-0.2, 0) is 0 Å². The van der Waals surface area contributed by atoms with Crippen LogP contribution in [0.3, 0.4) is 0 Å². The monoisotopic (exact) mass is 370 g/mol. The number of nitrogens with one attached hydrogen (secondary N) is 2. The molecule has 1 aliphatic heterocycles. The zero-order valence-electron chi connectivity index (χ0n) is 14.7. The molecule has 0 saturated carbocycles. The molecule has 1 atom stereocenters. The molecule has 0 unspecified atom stereocenters. The van der Waals surface area contributed by atoms with E-state index in [1.807, 2.05) is 48.5 Å². The normalized spacial score (nSPS) is 15.8. The van der Waals surface area contributed by atoms with E-state index in [-0.39, 0.29) is 24.4 Å². The van der Waals surface area contributed by atoms with E-state index in [4.69, 9.17) is 4.74 Å². The molecule has 3 rings (SSSR count). The van der Waals surface area contributed by atoms with Crippen LogP contribution in [0.4, 0.5) is 0 Å². The van der Waals surface area contributed by atoms with Gasteiger partial charge in [-0.1, -0.05) is 11.8 Å². The summed E-state index contributed by atoms with van der Waals surface area (Å²) in [6.45, 7) is 1.88. The van der Waals surface area contributed by atoms with Crippen LogP contribution in [0.5, 0.6) is 5.75 Å². The van der Waals surface area contributed by atoms with Crippen LogP contribution in [0.1, 0.15) is 34.3 Å². The molecule has 26 heavy (non-hydrogen) atoms. The Morgan fingerprint density at radius 3 is 2.23 bits per heavy atom. The second kappa shape index (κ2) is 9.86. The molecule has 2 aromatic rings. The number of hydrogen-bond donors (Lipinski definition) is 2. The van der Waals surface area contributed by atoms with Crippen LogP contribution in [0, 0.1) is 11.8 Å². The molecule has 0 aromatic heterocycles. The molecule has 1 heterocycles. The summed E-state index contributed by atoms with van der Waals surface area (Å²) < 4.78 is 5.13. The molecule has 1 aliphatic rings. The number of carbonyl (C=O) groups excluding carboxylic acids is 1. The van der Waals surface area contributed by atoms with Gasteiger partial charge in [-0.3, -0.25) is 4.79 Å². The van der Waals surface area contributed by atoms with Crippen molar-refractivity contribution in [2.45, 2.75) is 18.9 Å². The maximum Gasteiger partial charge on any atom is 0.251 e. The molecule has 136 valence electrons. The zero-order chi connectivity index (χ0) is 17.5. The van der Waals surface area contributed by atoms with E-state index in [0.717, 1.165) is 42.8 Å². The topological polar surface area (TPSA) is 50.4 Å². The largest absolute Gasteiger partial charge is 0.497 e. The Morgan fingerprint density at radius 2 is 1.69 bits per heavy atom. The lowest BCUT2D eigenvalue weighted by molar-refractivity contribution is 0.0930. The Labute approximate surface area is 160 Å². The Balaban J connectivity index is 0.00000243. The van der Waals surface area contributed by atoms with Gasteiger partial charge in [-0.15, -0.1) is 12.4 Å². The number of ether oxygens (including phenoxy) is 1. The molecule has 0 radical (unpaired) electrons. The molecule has 1 saturated heterocycles. The van der Waals surface area contributed by atoms with Gasteiger partial charge >= 0.3 is 0 Å². The molecule has 1 amide bonds. The highest BCUT2D eigenvalue weighted by atomic mass is 35.5. The number of rotatable bonds is 3. The third-order valence-electron chi connectivity index (χ3n) is 4.22. The second-order valence-corrected chi connectivity index (χ2v) is 6.07. The first-order valence-corrected chi connectivity index (χ1v) is 8.52. The number of amides is 1. The molecular weight excluding hydrogens is 348 g/mol. The highest BCUT2D eigenvalue weighted by Gasteiger charge is 2.15. The van der Waals surface area contributed by atoms with Gasteiger partial charge in [0.25, 0.3) is 5.91 Å². The smallest absolute Gasteiger partial charge is 0.251 e. The fourth-order valence-electron chi connectivity index (χ4n) is 2.77. The molecule has 4 nitrogen and oxygen atoms in total. The molecule has 5 heteroatoms. The Kier molecular flexibility index (Phi) is 7.53. The lowest BCUT2D eigenvalue weighted by Crippen LogP contribution is -2.45. The fourth-order valence-corrected chi connectivity index (χ4v) is 2.77. The predicted octanol–water partition coefficient (Wildman–Crippen LogP) is 3.00.